The molecule has 18 heavy (non-hydrogen) atoms. The topological polar surface area (TPSA) is 21.3 Å². The number of hydrogen-bond donors (Lipinski definition) is 1. The van der Waals surface area contributed by atoms with Gasteiger partial charge < -0.3 is 10.1 Å². The molecule has 0 spiro atoms. The van der Waals surface area contributed by atoms with Gasteiger partial charge in [-0.05, 0) is 43.1 Å². The number of methoxy groups -OCH3 is 1. The van der Waals surface area contributed by atoms with Crippen LogP contribution in [-0.4, -0.2) is 13.7 Å². The first-order valence-corrected chi connectivity index (χ1v) is 6.83. The molecule has 0 heterocycles. The minimum atomic E-state index is -0.246. The second-order valence-electron chi connectivity index (χ2n) is 5.70. The molecule has 2 bridgehead atoms. The van der Waals surface area contributed by atoms with E-state index in [0.717, 1.165) is 30.0 Å². The third-order valence-electron chi connectivity index (χ3n) is 4.56. The fraction of sp³-hybridized carbons (Fsp3) is 0.600. The fourth-order valence-electron chi connectivity index (χ4n) is 3.66. The Labute approximate surface area is 108 Å². The van der Waals surface area contributed by atoms with Crippen LogP contribution in [0.25, 0.3) is 0 Å². The fourth-order valence-corrected chi connectivity index (χ4v) is 3.66. The molecule has 0 saturated heterocycles. The Morgan fingerprint density at radius 3 is 2.83 bits per heavy atom. The lowest BCUT2D eigenvalue weighted by molar-refractivity contribution is 0.348. The van der Waals surface area contributed by atoms with Crippen LogP contribution in [0.1, 0.15) is 25.7 Å². The number of anilines is 1. The monoisotopic (exact) mass is 249 g/mol. The van der Waals surface area contributed by atoms with Crippen LogP contribution in [-0.2, 0) is 0 Å². The summed E-state index contributed by atoms with van der Waals surface area (Å²) in [5.74, 6) is 2.97. The Hall–Kier alpha value is -1.25. The quantitative estimate of drug-likeness (QED) is 0.878. The van der Waals surface area contributed by atoms with Gasteiger partial charge in [-0.1, -0.05) is 6.42 Å². The van der Waals surface area contributed by atoms with Crippen LogP contribution < -0.4 is 10.1 Å². The minimum absolute atomic E-state index is 0.246. The lowest BCUT2D eigenvalue weighted by Gasteiger charge is -2.22. The number of rotatable bonds is 4. The Morgan fingerprint density at radius 1 is 1.28 bits per heavy atom. The maximum absolute atomic E-state index is 13.3. The van der Waals surface area contributed by atoms with Gasteiger partial charge in [-0.25, -0.2) is 4.39 Å². The van der Waals surface area contributed by atoms with E-state index in [1.165, 1.54) is 37.8 Å². The van der Waals surface area contributed by atoms with Crippen molar-refractivity contribution in [1.29, 1.82) is 0 Å². The van der Waals surface area contributed by atoms with Crippen LogP contribution in [0, 0.1) is 23.6 Å². The zero-order valence-electron chi connectivity index (χ0n) is 10.8. The lowest BCUT2D eigenvalue weighted by Crippen LogP contribution is -2.20. The summed E-state index contributed by atoms with van der Waals surface area (Å²) in [5, 5.41) is 3.37. The maximum Gasteiger partial charge on any atom is 0.128 e. The molecular formula is C15H20FNO. The first-order chi connectivity index (χ1) is 8.74. The lowest BCUT2D eigenvalue weighted by atomic mass is 9.89. The number of nitrogens with one attached hydrogen (secondary N) is 1. The average Bonchev–Trinajstić information content (AvgIpc) is 2.97. The van der Waals surface area contributed by atoms with Crippen LogP contribution >= 0.6 is 0 Å². The van der Waals surface area contributed by atoms with Crippen LogP contribution in [0.5, 0.6) is 5.75 Å². The summed E-state index contributed by atoms with van der Waals surface area (Å²) in [4.78, 5) is 0. The van der Waals surface area contributed by atoms with Crippen LogP contribution in [0.4, 0.5) is 10.1 Å². The predicted octanol–water partition coefficient (Wildman–Crippen LogP) is 3.68. The standard InChI is InChI=1S/C15H20FNO/c1-18-15-7-13(16)6-14(8-15)17-9-12-5-10-2-3-11(12)4-10/h6-8,10-12,17H,2-5,9H2,1H3. The minimum Gasteiger partial charge on any atom is -0.497 e. The first kappa shape index (κ1) is 11.8. The second-order valence-corrected chi connectivity index (χ2v) is 5.70. The Bertz CT molecular complexity index is 435. The van der Waals surface area contributed by atoms with Gasteiger partial charge in [-0.3, -0.25) is 0 Å². The highest BCUT2D eigenvalue weighted by Gasteiger charge is 2.38. The van der Waals surface area contributed by atoms with E-state index in [1.54, 1.807) is 7.11 Å². The van der Waals surface area contributed by atoms with Crippen molar-refractivity contribution in [2.75, 3.05) is 19.0 Å². The highest BCUT2D eigenvalue weighted by molar-refractivity contribution is 5.48. The van der Waals surface area contributed by atoms with Crippen molar-refractivity contribution in [3.05, 3.63) is 24.0 Å². The molecule has 0 aliphatic heterocycles. The summed E-state index contributed by atoms with van der Waals surface area (Å²) in [6.45, 7) is 0.966. The van der Waals surface area contributed by atoms with Gasteiger partial charge in [0, 0.05) is 24.4 Å². The van der Waals surface area contributed by atoms with Gasteiger partial charge in [0.25, 0.3) is 0 Å². The van der Waals surface area contributed by atoms with Crippen molar-refractivity contribution in [3.8, 4) is 5.75 Å². The predicted molar refractivity (Wildman–Crippen MR) is 70.4 cm³/mol. The molecule has 3 rings (SSSR count). The summed E-state index contributed by atoms with van der Waals surface area (Å²) >= 11 is 0. The van der Waals surface area contributed by atoms with E-state index in [-0.39, 0.29) is 5.82 Å². The van der Waals surface area contributed by atoms with E-state index >= 15 is 0 Å². The van der Waals surface area contributed by atoms with E-state index in [2.05, 4.69) is 5.32 Å². The van der Waals surface area contributed by atoms with Gasteiger partial charge in [0.05, 0.1) is 7.11 Å². The van der Waals surface area contributed by atoms with Crippen molar-refractivity contribution in [1.82, 2.24) is 0 Å². The Balaban J connectivity index is 1.61. The molecule has 0 aromatic heterocycles. The zero-order chi connectivity index (χ0) is 12.5. The van der Waals surface area contributed by atoms with Crippen LogP contribution in [0.3, 0.4) is 0 Å². The van der Waals surface area contributed by atoms with Gasteiger partial charge in [0.15, 0.2) is 0 Å². The first-order valence-electron chi connectivity index (χ1n) is 6.83. The molecule has 2 nitrogen and oxygen atoms in total. The molecule has 0 radical (unpaired) electrons. The summed E-state index contributed by atoms with van der Waals surface area (Å²) in [5.41, 5.74) is 0.828. The molecular weight excluding hydrogens is 229 g/mol. The Morgan fingerprint density at radius 2 is 2.17 bits per heavy atom. The van der Waals surface area contributed by atoms with E-state index in [1.807, 2.05) is 6.07 Å². The molecule has 1 aromatic rings. The van der Waals surface area contributed by atoms with E-state index in [4.69, 9.17) is 4.74 Å². The third kappa shape index (κ3) is 2.31. The number of ether oxygens (including phenoxy) is 1. The molecule has 2 fully saturated rings. The number of fused-ring (bicyclic) bond motifs is 2. The van der Waals surface area contributed by atoms with Crippen LogP contribution in [0.2, 0.25) is 0 Å². The molecule has 0 amide bonds. The maximum atomic E-state index is 13.3. The SMILES string of the molecule is COc1cc(F)cc(NCC2CC3CCC2C3)c1. The normalized spacial score (nSPS) is 29.6. The summed E-state index contributed by atoms with van der Waals surface area (Å²) < 4.78 is 18.4. The summed E-state index contributed by atoms with van der Waals surface area (Å²) in [6, 6.07) is 4.80. The smallest absolute Gasteiger partial charge is 0.128 e. The molecule has 2 aliphatic carbocycles. The highest BCUT2D eigenvalue weighted by Crippen LogP contribution is 2.48. The van der Waals surface area contributed by atoms with Gasteiger partial charge in [-0.15, -0.1) is 0 Å². The van der Waals surface area contributed by atoms with Crippen LogP contribution in [0.15, 0.2) is 18.2 Å². The molecule has 98 valence electrons. The Kier molecular flexibility index (Phi) is 3.14. The molecule has 1 aromatic carbocycles. The van der Waals surface area contributed by atoms with Crippen molar-refractivity contribution in [2.24, 2.45) is 17.8 Å². The number of halogens is 1. The van der Waals surface area contributed by atoms with E-state index in [0.29, 0.717) is 5.75 Å². The number of benzene rings is 1. The molecule has 3 atom stereocenters. The van der Waals surface area contributed by atoms with Gasteiger partial charge >= 0.3 is 0 Å². The third-order valence-corrected chi connectivity index (χ3v) is 4.56. The largest absolute Gasteiger partial charge is 0.497 e. The van der Waals surface area contributed by atoms with Crippen molar-refractivity contribution in [2.45, 2.75) is 25.7 Å². The van der Waals surface area contributed by atoms with Gasteiger partial charge in [-0.2, -0.15) is 0 Å². The van der Waals surface area contributed by atoms with Gasteiger partial charge in [0.2, 0.25) is 0 Å². The molecule has 2 aliphatic rings. The molecule has 1 N–H and O–H groups in total. The highest BCUT2D eigenvalue weighted by atomic mass is 19.1. The van der Waals surface area contributed by atoms with Crippen molar-refractivity contribution < 1.29 is 9.13 Å². The average molecular weight is 249 g/mol. The molecule has 2 saturated carbocycles. The summed E-state index contributed by atoms with van der Waals surface area (Å²) in [7, 11) is 1.56. The van der Waals surface area contributed by atoms with Crippen molar-refractivity contribution in [3.63, 3.8) is 0 Å². The van der Waals surface area contributed by atoms with E-state index in [9.17, 15) is 4.39 Å². The second kappa shape index (κ2) is 4.79. The van der Waals surface area contributed by atoms with Gasteiger partial charge in [0.1, 0.15) is 11.6 Å². The molecule has 3 unspecified atom stereocenters. The summed E-state index contributed by atoms with van der Waals surface area (Å²) in [6.07, 6.45) is 5.58. The number of hydrogen-bond acceptors (Lipinski definition) is 2. The van der Waals surface area contributed by atoms with E-state index < -0.39 is 0 Å². The van der Waals surface area contributed by atoms with Crippen molar-refractivity contribution >= 4 is 5.69 Å². The zero-order valence-corrected chi connectivity index (χ0v) is 10.8. The molecule has 3 heteroatoms.